The van der Waals surface area contributed by atoms with Crippen molar-refractivity contribution >= 4 is 8.32 Å². The van der Waals surface area contributed by atoms with E-state index in [1.807, 2.05) is 0 Å². The van der Waals surface area contributed by atoms with Gasteiger partial charge in [0.15, 0.2) is 0 Å². The molecule has 2 rings (SSSR count). The summed E-state index contributed by atoms with van der Waals surface area (Å²) in [6.07, 6.45) is 5.12. The Balaban J connectivity index is 2.07. The zero-order chi connectivity index (χ0) is 11.3. The largest absolute Gasteiger partial charge is 0.545 e. The smallest absolute Gasteiger partial charge is 0.250 e. The molecular weight excluding hydrogens is 204 g/mol. The highest BCUT2D eigenvalue weighted by atomic mass is 28.4. The third-order valence-corrected chi connectivity index (χ3v) is 8.26. The molecule has 2 bridgehead atoms. The third kappa shape index (κ3) is 2.00. The van der Waals surface area contributed by atoms with E-state index in [1.165, 1.54) is 6.42 Å². The lowest BCUT2D eigenvalue weighted by molar-refractivity contribution is 0.0975. The van der Waals surface area contributed by atoms with Crippen LogP contribution in [0.5, 0.6) is 0 Å². The van der Waals surface area contributed by atoms with Crippen LogP contribution in [-0.2, 0) is 9.16 Å². The summed E-state index contributed by atoms with van der Waals surface area (Å²) in [6, 6.07) is 0. The molecule has 2 aliphatic heterocycles. The lowest BCUT2D eigenvalue weighted by atomic mass is 10.1. The lowest BCUT2D eigenvalue weighted by Gasteiger charge is -2.37. The van der Waals surface area contributed by atoms with Gasteiger partial charge >= 0.3 is 0 Å². The molecule has 0 spiro atoms. The van der Waals surface area contributed by atoms with Gasteiger partial charge in [-0.25, -0.2) is 0 Å². The maximum absolute atomic E-state index is 6.27. The van der Waals surface area contributed by atoms with Crippen LogP contribution < -0.4 is 0 Å². The highest BCUT2D eigenvalue weighted by Crippen LogP contribution is 2.42. The molecule has 15 heavy (non-hydrogen) atoms. The molecule has 2 aliphatic rings. The quantitative estimate of drug-likeness (QED) is 0.671. The van der Waals surface area contributed by atoms with Crippen LogP contribution in [0.25, 0.3) is 0 Å². The number of fused-ring (bicyclic) bond motifs is 2. The van der Waals surface area contributed by atoms with Crippen LogP contribution in [0.4, 0.5) is 0 Å². The van der Waals surface area contributed by atoms with E-state index in [2.05, 4.69) is 39.9 Å². The summed E-state index contributed by atoms with van der Waals surface area (Å²) < 4.78 is 12.0. The van der Waals surface area contributed by atoms with Gasteiger partial charge in [0.1, 0.15) is 11.9 Å². The monoisotopic (exact) mass is 226 g/mol. The highest BCUT2D eigenvalue weighted by Gasteiger charge is 2.43. The molecule has 0 aromatic carbocycles. The van der Waals surface area contributed by atoms with Crippen molar-refractivity contribution in [3.8, 4) is 0 Å². The van der Waals surface area contributed by atoms with Gasteiger partial charge in [0.25, 0.3) is 0 Å². The first-order chi connectivity index (χ1) is 6.79. The molecular formula is C12H22O2Si. The van der Waals surface area contributed by atoms with Crippen molar-refractivity contribution in [2.45, 2.75) is 64.0 Å². The van der Waals surface area contributed by atoms with Gasteiger partial charge in [-0.3, -0.25) is 0 Å². The molecule has 0 saturated carbocycles. The summed E-state index contributed by atoms with van der Waals surface area (Å²) in [5, 5.41) is 0.273. The summed E-state index contributed by atoms with van der Waals surface area (Å²) in [7, 11) is -1.66. The summed E-state index contributed by atoms with van der Waals surface area (Å²) in [5.41, 5.74) is 0. The molecule has 0 aromatic rings. The van der Waals surface area contributed by atoms with Crippen LogP contribution in [0.2, 0.25) is 18.1 Å². The standard InChI is InChI=1S/C12H22O2Si/c1-12(2,3)15(4,5)14-11-8-9-6-7-10(11)13-9/h8-10H,6-7H2,1-5H3. The van der Waals surface area contributed by atoms with Crippen LogP contribution >= 0.6 is 0 Å². The predicted molar refractivity (Wildman–Crippen MR) is 64.3 cm³/mol. The Bertz CT molecular complexity index is 288. The molecule has 0 amide bonds. The average Bonchev–Trinajstić information content (AvgIpc) is 2.61. The van der Waals surface area contributed by atoms with Gasteiger partial charge in [-0.2, -0.15) is 0 Å². The zero-order valence-electron chi connectivity index (χ0n) is 10.5. The topological polar surface area (TPSA) is 18.5 Å². The van der Waals surface area contributed by atoms with Gasteiger partial charge in [-0.1, -0.05) is 20.8 Å². The minimum Gasteiger partial charge on any atom is -0.545 e. The molecule has 0 aliphatic carbocycles. The number of rotatable bonds is 2. The van der Waals surface area contributed by atoms with Gasteiger partial charge in [0, 0.05) is 0 Å². The second kappa shape index (κ2) is 3.35. The highest BCUT2D eigenvalue weighted by molar-refractivity contribution is 6.74. The molecule has 2 atom stereocenters. The summed E-state index contributed by atoms with van der Waals surface area (Å²) in [6.45, 7) is 11.4. The average molecular weight is 226 g/mol. The summed E-state index contributed by atoms with van der Waals surface area (Å²) >= 11 is 0. The minimum atomic E-state index is -1.66. The van der Waals surface area contributed by atoms with E-state index >= 15 is 0 Å². The Morgan fingerprint density at radius 3 is 2.40 bits per heavy atom. The van der Waals surface area contributed by atoms with E-state index in [9.17, 15) is 0 Å². The molecule has 1 fully saturated rings. The fraction of sp³-hybridized carbons (Fsp3) is 0.833. The van der Waals surface area contributed by atoms with Crippen molar-refractivity contribution in [1.29, 1.82) is 0 Å². The Hall–Kier alpha value is -0.283. The van der Waals surface area contributed by atoms with E-state index in [4.69, 9.17) is 9.16 Å². The van der Waals surface area contributed by atoms with Crippen LogP contribution in [-0.4, -0.2) is 20.5 Å². The molecule has 3 heteroatoms. The van der Waals surface area contributed by atoms with Gasteiger partial charge < -0.3 is 9.16 Å². The number of ether oxygens (including phenoxy) is 1. The second-order valence-electron chi connectivity index (χ2n) is 6.17. The first-order valence-corrected chi connectivity index (χ1v) is 8.77. The van der Waals surface area contributed by atoms with Crippen LogP contribution in [0.3, 0.4) is 0 Å². The van der Waals surface area contributed by atoms with Gasteiger partial charge in [0.2, 0.25) is 8.32 Å². The molecule has 1 saturated heterocycles. The van der Waals surface area contributed by atoms with E-state index in [0.717, 1.165) is 12.2 Å². The van der Waals surface area contributed by atoms with Gasteiger partial charge in [0.05, 0.1) is 6.10 Å². The van der Waals surface area contributed by atoms with Crippen LogP contribution in [0.15, 0.2) is 11.8 Å². The molecule has 2 unspecified atom stereocenters. The van der Waals surface area contributed by atoms with Crippen molar-refractivity contribution in [3.05, 3.63) is 11.8 Å². The number of hydrogen-bond acceptors (Lipinski definition) is 2. The Morgan fingerprint density at radius 2 is 2.00 bits per heavy atom. The Kier molecular flexibility index (Phi) is 2.51. The van der Waals surface area contributed by atoms with Gasteiger partial charge in [-0.15, -0.1) is 0 Å². The van der Waals surface area contributed by atoms with Crippen LogP contribution in [0.1, 0.15) is 33.6 Å². The molecule has 2 nitrogen and oxygen atoms in total. The Labute approximate surface area is 93.8 Å². The van der Waals surface area contributed by atoms with Crippen molar-refractivity contribution < 1.29 is 9.16 Å². The molecule has 0 N–H and O–H groups in total. The van der Waals surface area contributed by atoms with E-state index < -0.39 is 8.32 Å². The maximum Gasteiger partial charge on any atom is 0.250 e. The van der Waals surface area contributed by atoms with Gasteiger partial charge in [-0.05, 0) is 37.0 Å². The van der Waals surface area contributed by atoms with E-state index in [1.54, 1.807) is 0 Å². The molecule has 2 heterocycles. The van der Waals surface area contributed by atoms with Crippen LogP contribution in [0, 0.1) is 0 Å². The zero-order valence-corrected chi connectivity index (χ0v) is 11.5. The summed E-state index contributed by atoms with van der Waals surface area (Å²) in [5.74, 6) is 1.12. The van der Waals surface area contributed by atoms with Crippen molar-refractivity contribution in [2.24, 2.45) is 0 Å². The predicted octanol–water partition coefficient (Wildman–Crippen LogP) is 3.45. The minimum absolute atomic E-state index is 0.268. The van der Waals surface area contributed by atoms with Crippen molar-refractivity contribution in [3.63, 3.8) is 0 Å². The fourth-order valence-corrected chi connectivity index (χ4v) is 2.93. The third-order valence-electron chi connectivity index (χ3n) is 3.90. The Morgan fingerprint density at radius 1 is 1.33 bits per heavy atom. The normalized spacial score (nSPS) is 30.6. The molecule has 86 valence electrons. The van der Waals surface area contributed by atoms with Crippen molar-refractivity contribution in [2.75, 3.05) is 0 Å². The van der Waals surface area contributed by atoms with Crippen molar-refractivity contribution in [1.82, 2.24) is 0 Å². The molecule has 0 aromatic heterocycles. The summed E-state index contributed by atoms with van der Waals surface area (Å²) in [4.78, 5) is 0. The number of hydrogen-bond donors (Lipinski definition) is 0. The van der Waals surface area contributed by atoms with E-state index in [-0.39, 0.29) is 11.1 Å². The maximum atomic E-state index is 6.27. The SMILES string of the molecule is CC(C)(C)[Si](C)(C)OC1=CC2CCC1O2. The molecule has 0 radical (unpaired) electrons. The lowest BCUT2D eigenvalue weighted by Crippen LogP contribution is -2.41. The van der Waals surface area contributed by atoms with E-state index in [0.29, 0.717) is 6.10 Å². The second-order valence-corrected chi connectivity index (χ2v) is 10.9. The first-order valence-electron chi connectivity index (χ1n) is 5.86. The first kappa shape index (κ1) is 11.2. The fourth-order valence-electron chi connectivity index (χ4n) is 1.83.